The van der Waals surface area contributed by atoms with Crippen molar-refractivity contribution in [3.63, 3.8) is 0 Å². The Bertz CT molecular complexity index is 474. The monoisotopic (exact) mass is 346 g/mol. The molecule has 3 nitrogen and oxygen atoms in total. The van der Waals surface area contributed by atoms with Crippen LogP contribution in [-0.2, 0) is 9.53 Å². The summed E-state index contributed by atoms with van der Waals surface area (Å²) in [5, 5.41) is 0.528. The second-order valence-corrected chi connectivity index (χ2v) is 5.35. The molecule has 1 aromatic carbocycles. The zero-order valence-corrected chi connectivity index (χ0v) is 13.3. The number of carbonyl (C=O) groups is 2. The highest BCUT2D eigenvalue weighted by atomic mass is 79.9. The molecule has 0 N–H and O–H groups in total. The first-order valence-electron chi connectivity index (χ1n) is 6.17. The number of rotatable bonds is 6. The summed E-state index contributed by atoms with van der Waals surface area (Å²) in [4.78, 5) is 24.2. The fourth-order valence-corrected chi connectivity index (χ4v) is 2.23. The summed E-state index contributed by atoms with van der Waals surface area (Å²) in [6.07, 6.45) is 1.22. The van der Waals surface area contributed by atoms with E-state index >= 15 is 0 Å². The van der Waals surface area contributed by atoms with Gasteiger partial charge in [-0.25, -0.2) is 0 Å². The highest BCUT2D eigenvalue weighted by molar-refractivity contribution is 9.10. The number of ether oxygens (including phenoxy) is 1. The van der Waals surface area contributed by atoms with Crippen LogP contribution < -0.4 is 0 Å². The average Bonchev–Trinajstić information content (AvgIpc) is 2.38. The van der Waals surface area contributed by atoms with Gasteiger partial charge in [0.25, 0.3) is 0 Å². The van der Waals surface area contributed by atoms with Crippen molar-refractivity contribution in [2.24, 2.45) is 5.92 Å². The van der Waals surface area contributed by atoms with Crippen LogP contribution in [0, 0.1) is 5.92 Å². The van der Waals surface area contributed by atoms with E-state index in [1.807, 2.05) is 6.92 Å². The van der Waals surface area contributed by atoms with Crippen LogP contribution in [-0.4, -0.2) is 18.4 Å². The second-order valence-electron chi connectivity index (χ2n) is 4.09. The van der Waals surface area contributed by atoms with Crippen molar-refractivity contribution in [2.75, 3.05) is 6.61 Å². The van der Waals surface area contributed by atoms with E-state index in [1.54, 1.807) is 25.1 Å². The SMILES string of the molecule is CCCC(C(=O)OCC)C(=O)c1ccc(Cl)c(Br)c1. The first kappa shape index (κ1) is 16.2. The minimum Gasteiger partial charge on any atom is -0.465 e. The second kappa shape index (κ2) is 7.65. The van der Waals surface area contributed by atoms with E-state index in [-0.39, 0.29) is 12.4 Å². The predicted molar refractivity (Wildman–Crippen MR) is 78.5 cm³/mol. The summed E-state index contributed by atoms with van der Waals surface area (Å²) >= 11 is 9.16. The minimum absolute atomic E-state index is 0.224. The summed E-state index contributed by atoms with van der Waals surface area (Å²) < 4.78 is 5.59. The molecule has 0 aliphatic carbocycles. The highest BCUT2D eigenvalue weighted by Crippen LogP contribution is 2.25. The third-order valence-corrected chi connectivity index (χ3v) is 3.88. The summed E-state index contributed by atoms with van der Waals surface area (Å²) in [6.45, 7) is 3.93. The Labute approximate surface area is 126 Å². The Hall–Kier alpha value is -0.870. The maximum Gasteiger partial charge on any atom is 0.316 e. The molecule has 0 saturated heterocycles. The van der Waals surface area contributed by atoms with Crippen LogP contribution in [0.5, 0.6) is 0 Å². The first-order valence-corrected chi connectivity index (χ1v) is 7.34. The molecule has 19 heavy (non-hydrogen) atoms. The summed E-state index contributed by atoms with van der Waals surface area (Å²) in [5.74, 6) is -1.42. The van der Waals surface area contributed by atoms with Crippen LogP contribution in [0.1, 0.15) is 37.0 Å². The fraction of sp³-hybridized carbons (Fsp3) is 0.429. The predicted octanol–water partition coefficient (Wildman–Crippen LogP) is 4.26. The maximum absolute atomic E-state index is 12.3. The Kier molecular flexibility index (Phi) is 6.52. The summed E-state index contributed by atoms with van der Waals surface area (Å²) in [6, 6.07) is 4.89. The molecule has 0 aliphatic rings. The van der Waals surface area contributed by atoms with Gasteiger partial charge in [-0.3, -0.25) is 9.59 Å². The van der Waals surface area contributed by atoms with Gasteiger partial charge in [-0.1, -0.05) is 24.9 Å². The molecule has 0 aliphatic heterocycles. The quantitative estimate of drug-likeness (QED) is 0.438. The third kappa shape index (κ3) is 4.32. The molecule has 0 saturated carbocycles. The van der Waals surface area contributed by atoms with Gasteiger partial charge >= 0.3 is 5.97 Å². The zero-order chi connectivity index (χ0) is 14.4. The number of hydrogen-bond donors (Lipinski definition) is 0. The van der Waals surface area contributed by atoms with E-state index in [0.717, 1.165) is 6.42 Å². The van der Waals surface area contributed by atoms with E-state index in [0.29, 0.717) is 21.5 Å². The normalized spacial score (nSPS) is 12.0. The average molecular weight is 348 g/mol. The third-order valence-electron chi connectivity index (χ3n) is 2.67. The first-order chi connectivity index (χ1) is 9.01. The number of benzene rings is 1. The zero-order valence-electron chi connectivity index (χ0n) is 10.9. The van der Waals surface area contributed by atoms with Crippen LogP contribution in [0.2, 0.25) is 5.02 Å². The van der Waals surface area contributed by atoms with Crippen molar-refractivity contribution in [3.05, 3.63) is 33.3 Å². The number of halogens is 2. The lowest BCUT2D eigenvalue weighted by Gasteiger charge is -2.14. The van der Waals surface area contributed by atoms with E-state index in [9.17, 15) is 9.59 Å². The topological polar surface area (TPSA) is 43.4 Å². The van der Waals surface area contributed by atoms with Gasteiger partial charge in [0, 0.05) is 10.0 Å². The van der Waals surface area contributed by atoms with Crippen LogP contribution >= 0.6 is 27.5 Å². The number of Topliss-reactive ketones (excluding diaryl/α,β-unsaturated/α-hetero) is 1. The fourth-order valence-electron chi connectivity index (χ4n) is 1.74. The number of hydrogen-bond acceptors (Lipinski definition) is 3. The van der Waals surface area contributed by atoms with Gasteiger partial charge < -0.3 is 4.74 Å². The maximum atomic E-state index is 12.3. The smallest absolute Gasteiger partial charge is 0.316 e. The van der Waals surface area contributed by atoms with Crippen LogP contribution in [0.15, 0.2) is 22.7 Å². The van der Waals surface area contributed by atoms with Gasteiger partial charge in [0.2, 0.25) is 0 Å². The summed E-state index contributed by atoms with van der Waals surface area (Å²) in [5.41, 5.74) is 0.461. The molecule has 0 spiro atoms. The van der Waals surface area contributed by atoms with Crippen molar-refractivity contribution in [1.29, 1.82) is 0 Å². The van der Waals surface area contributed by atoms with Gasteiger partial charge in [0.1, 0.15) is 5.92 Å². The van der Waals surface area contributed by atoms with Gasteiger partial charge in [0.05, 0.1) is 11.6 Å². The van der Waals surface area contributed by atoms with Gasteiger partial charge in [-0.15, -0.1) is 0 Å². The molecule has 1 atom stereocenters. The highest BCUT2D eigenvalue weighted by Gasteiger charge is 2.28. The Morgan fingerprint density at radius 1 is 1.37 bits per heavy atom. The van der Waals surface area contributed by atoms with Crippen molar-refractivity contribution in [2.45, 2.75) is 26.7 Å². The lowest BCUT2D eigenvalue weighted by molar-refractivity contribution is -0.146. The van der Waals surface area contributed by atoms with E-state index in [1.165, 1.54) is 0 Å². The van der Waals surface area contributed by atoms with Crippen LogP contribution in [0.4, 0.5) is 0 Å². The van der Waals surface area contributed by atoms with E-state index in [4.69, 9.17) is 16.3 Å². The Morgan fingerprint density at radius 3 is 2.58 bits per heavy atom. The van der Waals surface area contributed by atoms with Crippen LogP contribution in [0.25, 0.3) is 0 Å². The molecule has 0 amide bonds. The van der Waals surface area contributed by atoms with Crippen molar-refractivity contribution in [1.82, 2.24) is 0 Å². The molecule has 0 bridgehead atoms. The van der Waals surface area contributed by atoms with Crippen molar-refractivity contribution in [3.8, 4) is 0 Å². The largest absolute Gasteiger partial charge is 0.465 e. The molecule has 5 heteroatoms. The molecule has 1 rings (SSSR count). The molecule has 1 unspecified atom stereocenters. The molecule has 104 valence electrons. The number of ketones is 1. The Morgan fingerprint density at radius 2 is 2.05 bits per heavy atom. The molecular weight excluding hydrogens is 332 g/mol. The van der Waals surface area contributed by atoms with E-state index < -0.39 is 11.9 Å². The molecule has 0 radical (unpaired) electrons. The Balaban J connectivity index is 2.98. The van der Waals surface area contributed by atoms with Crippen LogP contribution in [0.3, 0.4) is 0 Å². The number of esters is 1. The molecule has 0 heterocycles. The van der Waals surface area contributed by atoms with Gasteiger partial charge in [-0.05, 0) is 47.5 Å². The standard InChI is InChI=1S/C14H16BrClO3/c1-3-5-10(14(18)19-4-2)13(17)9-6-7-12(16)11(15)8-9/h6-8,10H,3-5H2,1-2H3. The lowest BCUT2D eigenvalue weighted by Crippen LogP contribution is -2.26. The van der Waals surface area contributed by atoms with Crippen molar-refractivity contribution < 1.29 is 14.3 Å². The van der Waals surface area contributed by atoms with Gasteiger partial charge in [0.15, 0.2) is 5.78 Å². The molecule has 0 aromatic heterocycles. The molecule has 1 aromatic rings. The summed E-state index contributed by atoms with van der Waals surface area (Å²) in [7, 11) is 0. The van der Waals surface area contributed by atoms with E-state index in [2.05, 4.69) is 15.9 Å². The lowest BCUT2D eigenvalue weighted by atomic mass is 9.93. The number of carbonyl (C=O) groups excluding carboxylic acids is 2. The molecular formula is C14H16BrClO3. The minimum atomic E-state index is -0.738. The van der Waals surface area contributed by atoms with Crippen molar-refractivity contribution >= 4 is 39.3 Å². The van der Waals surface area contributed by atoms with Gasteiger partial charge in [-0.2, -0.15) is 0 Å². The molecule has 0 fully saturated rings.